The van der Waals surface area contributed by atoms with E-state index in [0.29, 0.717) is 18.8 Å². The first-order valence-corrected chi connectivity index (χ1v) is 8.97. The molecule has 0 saturated heterocycles. The van der Waals surface area contributed by atoms with E-state index in [4.69, 9.17) is 18.9 Å². The molecule has 166 valence electrons. The Morgan fingerprint density at radius 1 is 1.13 bits per heavy atom. The lowest BCUT2D eigenvalue weighted by atomic mass is 10.1. The van der Waals surface area contributed by atoms with Crippen LogP contribution in [-0.4, -0.2) is 46.6 Å². The number of nitrogens with one attached hydrogen (secondary N) is 2. The second-order valence-electron chi connectivity index (χ2n) is 6.06. The molecule has 1 amide bonds. The molecule has 1 aromatic carbocycles. The first-order valence-electron chi connectivity index (χ1n) is 8.97. The van der Waals surface area contributed by atoms with Gasteiger partial charge in [-0.2, -0.15) is 13.2 Å². The van der Waals surface area contributed by atoms with E-state index in [1.807, 2.05) is 30.3 Å². The van der Waals surface area contributed by atoms with Crippen molar-refractivity contribution in [1.82, 2.24) is 20.9 Å². The predicted octanol–water partition coefficient (Wildman–Crippen LogP) is 2.87. The van der Waals surface area contributed by atoms with Gasteiger partial charge in [-0.3, -0.25) is 4.79 Å². The summed E-state index contributed by atoms with van der Waals surface area (Å²) in [5.41, 5.74) is 2.17. The SMILES string of the molecule is O=C(NCCCNCc1cnoc1)c1cc(-c2ccccc2)on1.O=C(O)C(F)(F)F. The summed E-state index contributed by atoms with van der Waals surface area (Å²) in [5, 5.41) is 20.6. The maximum absolute atomic E-state index is 12.0. The molecule has 0 aliphatic heterocycles. The quantitative estimate of drug-likeness (QED) is 0.456. The molecular weight excluding hydrogens is 421 g/mol. The van der Waals surface area contributed by atoms with E-state index in [1.54, 1.807) is 18.5 Å². The lowest BCUT2D eigenvalue weighted by Gasteiger charge is -2.04. The first-order chi connectivity index (χ1) is 14.8. The largest absolute Gasteiger partial charge is 0.490 e. The fourth-order valence-corrected chi connectivity index (χ4v) is 2.17. The van der Waals surface area contributed by atoms with Crippen molar-refractivity contribution in [2.45, 2.75) is 19.1 Å². The second kappa shape index (κ2) is 11.5. The fraction of sp³-hybridized carbons (Fsp3) is 0.263. The van der Waals surface area contributed by atoms with Crippen molar-refractivity contribution in [3.63, 3.8) is 0 Å². The van der Waals surface area contributed by atoms with Gasteiger partial charge < -0.3 is 24.8 Å². The number of hydrogen-bond acceptors (Lipinski definition) is 7. The molecule has 0 aliphatic carbocycles. The highest BCUT2D eigenvalue weighted by Crippen LogP contribution is 2.19. The van der Waals surface area contributed by atoms with Gasteiger partial charge in [-0.05, 0) is 13.0 Å². The zero-order chi connectivity index (χ0) is 22.7. The Morgan fingerprint density at radius 2 is 1.84 bits per heavy atom. The lowest BCUT2D eigenvalue weighted by molar-refractivity contribution is -0.192. The molecule has 0 bridgehead atoms. The molecule has 0 spiro atoms. The van der Waals surface area contributed by atoms with E-state index in [2.05, 4.69) is 20.9 Å². The van der Waals surface area contributed by atoms with Crippen LogP contribution in [0.15, 0.2) is 57.9 Å². The van der Waals surface area contributed by atoms with Crippen LogP contribution in [0.5, 0.6) is 0 Å². The lowest BCUT2D eigenvalue weighted by Crippen LogP contribution is -2.27. The van der Waals surface area contributed by atoms with Crippen LogP contribution in [0, 0.1) is 0 Å². The zero-order valence-corrected chi connectivity index (χ0v) is 16.1. The van der Waals surface area contributed by atoms with Gasteiger partial charge >= 0.3 is 12.1 Å². The molecule has 2 heterocycles. The maximum atomic E-state index is 12.0. The van der Waals surface area contributed by atoms with Crippen molar-refractivity contribution in [3.8, 4) is 11.3 Å². The number of benzene rings is 1. The molecule has 0 fully saturated rings. The summed E-state index contributed by atoms with van der Waals surface area (Å²) >= 11 is 0. The van der Waals surface area contributed by atoms with Gasteiger partial charge in [0.05, 0.1) is 6.20 Å². The number of amides is 1. The summed E-state index contributed by atoms with van der Waals surface area (Å²) in [6.07, 6.45) is -1.01. The number of aromatic nitrogens is 2. The maximum Gasteiger partial charge on any atom is 0.490 e. The molecule has 3 aromatic rings. The molecule has 0 unspecified atom stereocenters. The number of carboxylic acid groups (broad SMARTS) is 1. The van der Waals surface area contributed by atoms with Crippen LogP contribution in [0.1, 0.15) is 22.5 Å². The topological polar surface area (TPSA) is 130 Å². The van der Waals surface area contributed by atoms with E-state index < -0.39 is 12.1 Å². The van der Waals surface area contributed by atoms with E-state index in [-0.39, 0.29) is 11.6 Å². The average molecular weight is 440 g/mol. The molecule has 2 aromatic heterocycles. The number of aliphatic carboxylic acids is 1. The van der Waals surface area contributed by atoms with Gasteiger partial charge in [0.25, 0.3) is 5.91 Å². The predicted molar refractivity (Wildman–Crippen MR) is 101 cm³/mol. The number of hydrogen-bond donors (Lipinski definition) is 3. The molecule has 12 heteroatoms. The second-order valence-corrected chi connectivity index (χ2v) is 6.06. The number of alkyl halides is 3. The van der Waals surface area contributed by atoms with Crippen molar-refractivity contribution in [2.24, 2.45) is 0 Å². The number of nitrogens with zero attached hydrogens (tertiary/aromatic N) is 2. The minimum Gasteiger partial charge on any atom is -0.475 e. The van der Waals surface area contributed by atoms with E-state index in [9.17, 15) is 18.0 Å². The summed E-state index contributed by atoms with van der Waals surface area (Å²) < 4.78 is 41.7. The van der Waals surface area contributed by atoms with Crippen LogP contribution in [0.3, 0.4) is 0 Å². The van der Waals surface area contributed by atoms with E-state index in [0.717, 1.165) is 24.1 Å². The van der Waals surface area contributed by atoms with Crippen molar-refractivity contribution < 1.29 is 36.9 Å². The van der Waals surface area contributed by atoms with Crippen LogP contribution < -0.4 is 10.6 Å². The van der Waals surface area contributed by atoms with Crippen molar-refractivity contribution in [2.75, 3.05) is 13.1 Å². The molecule has 0 atom stereocenters. The highest BCUT2D eigenvalue weighted by Gasteiger charge is 2.38. The normalized spacial score (nSPS) is 10.8. The van der Waals surface area contributed by atoms with Crippen LogP contribution in [0.25, 0.3) is 11.3 Å². The van der Waals surface area contributed by atoms with Crippen LogP contribution in [0.4, 0.5) is 13.2 Å². The van der Waals surface area contributed by atoms with Gasteiger partial charge in [0.2, 0.25) is 0 Å². The molecule has 9 nitrogen and oxygen atoms in total. The van der Waals surface area contributed by atoms with Crippen LogP contribution in [-0.2, 0) is 11.3 Å². The Kier molecular flexibility index (Phi) is 8.76. The Hall–Kier alpha value is -3.67. The van der Waals surface area contributed by atoms with Crippen LogP contribution >= 0.6 is 0 Å². The average Bonchev–Trinajstić information content (AvgIpc) is 3.43. The fourth-order valence-electron chi connectivity index (χ4n) is 2.17. The third-order valence-electron chi connectivity index (χ3n) is 3.67. The Labute approximate surface area is 174 Å². The standard InChI is InChI=1S/C17H18N4O3.C2HF3O2/c22-17(19-8-4-7-18-10-13-11-20-23-12-13)15-9-16(24-21-15)14-5-2-1-3-6-14;3-2(4,5)1(6)7/h1-3,5-6,9,11-12,18H,4,7-8,10H2,(H,19,22);(H,6,7). The van der Waals surface area contributed by atoms with Gasteiger partial charge in [-0.15, -0.1) is 0 Å². The monoisotopic (exact) mass is 440 g/mol. The Bertz CT molecular complexity index is 943. The highest BCUT2D eigenvalue weighted by atomic mass is 19.4. The van der Waals surface area contributed by atoms with Gasteiger partial charge in [0.15, 0.2) is 11.5 Å². The molecule has 0 radical (unpaired) electrons. The van der Waals surface area contributed by atoms with Gasteiger partial charge in [0, 0.05) is 30.3 Å². The van der Waals surface area contributed by atoms with Gasteiger partial charge in [0.1, 0.15) is 6.26 Å². The number of carbonyl (C=O) groups is 2. The number of halogens is 3. The molecule has 3 N–H and O–H groups in total. The van der Waals surface area contributed by atoms with Crippen molar-refractivity contribution >= 4 is 11.9 Å². The number of carbonyl (C=O) groups excluding carboxylic acids is 1. The van der Waals surface area contributed by atoms with E-state index in [1.165, 1.54) is 0 Å². The molecule has 3 rings (SSSR count). The first kappa shape index (κ1) is 23.6. The summed E-state index contributed by atoms with van der Waals surface area (Å²) in [4.78, 5) is 20.9. The smallest absolute Gasteiger partial charge is 0.475 e. The third-order valence-corrected chi connectivity index (χ3v) is 3.67. The summed E-state index contributed by atoms with van der Waals surface area (Å²) in [7, 11) is 0. The van der Waals surface area contributed by atoms with Crippen molar-refractivity contribution in [3.05, 3.63) is 60.1 Å². The third kappa shape index (κ3) is 8.30. The highest BCUT2D eigenvalue weighted by molar-refractivity contribution is 5.93. The Balaban J connectivity index is 0.000000423. The summed E-state index contributed by atoms with van der Waals surface area (Å²) in [6, 6.07) is 11.2. The molecule has 0 saturated carbocycles. The number of rotatable bonds is 8. The Morgan fingerprint density at radius 3 is 2.45 bits per heavy atom. The van der Waals surface area contributed by atoms with Crippen LogP contribution in [0.2, 0.25) is 0 Å². The van der Waals surface area contributed by atoms with Crippen molar-refractivity contribution in [1.29, 1.82) is 0 Å². The number of carboxylic acids is 1. The minimum atomic E-state index is -5.08. The summed E-state index contributed by atoms with van der Waals surface area (Å²) in [6.45, 7) is 2.03. The van der Waals surface area contributed by atoms with Gasteiger partial charge in [-0.25, -0.2) is 4.79 Å². The molecule has 0 aliphatic rings. The zero-order valence-electron chi connectivity index (χ0n) is 16.1. The van der Waals surface area contributed by atoms with E-state index >= 15 is 0 Å². The minimum absolute atomic E-state index is 0.236. The van der Waals surface area contributed by atoms with Gasteiger partial charge in [-0.1, -0.05) is 40.6 Å². The summed E-state index contributed by atoms with van der Waals surface area (Å²) in [5.74, 6) is -2.41. The molecule has 31 heavy (non-hydrogen) atoms. The molecular formula is C19H19F3N4O5.